The minimum atomic E-state index is -0.556. The number of hydrogen-bond acceptors (Lipinski definition) is 5. The van der Waals surface area contributed by atoms with Crippen molar-refractivity contribution in [1.29, 1.82) is 0 Å². The number of carbonyl (C=O) groups is 1. The van der Waals surface area contributed by atoms with Gasteiger partial charge in [-0.1, -0.05) is 0 Å². The van der Waals surface area contributed by atoms with Gasteiger partial charge in [-0.05, 0) is 0 Å². The highest BCUT2D eigenvalue weighted by molar-refractivity contribution is 5.77. The van der Waals surface area contributed by atoms with E-state index in [9.17, 15) is 9.18 Å². The molecule has 0 aliphatic carbocycles. The van der Waals surface area contributed by atoms with E-state index in [-0.39, 0.29) is 18.2 Å². The third-order valence-corrected chi connectivity index (χ3v) is 1.95. The zero-order chi connectivity index (χ0) is 11.7. The van der Waals surface area contributed by atoms with E-state index in [0.29, 0.717) is 11.1 Å². The topological polar surface area (TPSA) is 78.3 Å². The van der Waals surface area contributed by atoms with E-state index in [1.54, 1.807) is 0 Å². The molecule has 0 unspecified atom stereocenters. The fourth-order valence-corrected chi connectivity index (χ4v) is 1.24. The number of nitrogens with zero attached hydrogens (tertiary/aromatic N) is 1. The normalized spacial score (nSPS) is 10.6. The molecule has 0 atom stereocenters. The standard InChI is InChI=1S/C10H9FN2O3/c1-5(14)15-4-10-13-8-2-6(11)7(12)3-9(8)16-10/h2-3H,4,12H2,1H3. The van der Waals surface area contributed by atoms with Gasteiger partial charge < -0.3 is 14.9 Å². The van der Waals surface area contributed by atoms with Crippen molar-refractivity contribution in [3.63, 3.8) is 0 Å². The van der Waals surface area contributed by atoms with Crippen molar-refractivity contribution >= 4 is 22.8 Å². The minimum absolute atomic E-state index is 0.0114. The molecule has 0 saturated heterocycles. The van der Waals surface area contributed by atoms with Gasteiger partial charge in [-0.25, -0.2) is 9.37 Å². The van der Waals surface area contributed by atoms with Crippen LogP contribution in [0.5, 0.6) is 0 Å². The van der Waals surface area contributed by atoms with Gasteiger partial charge >= 0.3 is 5.97 Å². The highest BCUT2D eigenvalue weighted by atomic mass is 19.1. The largest absolute Gasteiger partial charge is 0.456 e. The lowest BCUT2D eigenvalue weighted by Crippen LogP contribution is -1.98. The number of aromatic nitrogens is 1. The maximum Gasteiger partial charge on any atom is 0.303 e. The Morgan fingerprint density at radius 2 is 2.38 bits per heavy atom. The Morgan fingerprint density at radius 1 is 1.62 bits per heavy atom. The van der Waals surface area contributed by atoms with Gasteiger partial charge in [0.15, 0.2) is 12.2 Å². The lowest BCUT2D eigenvalue weighted by molar-refractivity contribution is -0.142. The molecule has 1 aromatic heterocycles. The Labute approximate surface area is 90.0 Å². The second-order valence-corrected chi connectivity index (χ2v) is 3.23. The quantitative estimate of drug-likeness (QED) is 0.619. The van der Waals surface area contributed by atoms with Crippen LogP contribution in [0.25, 0.3) is 11.1 Å². The number of esters is 1. The van der Waals surface area contributed by atoms with E-state index in [4.69, 9.17) is 14.9 Å². The summed E-state index contributed by atoms with van der Waals surface area (Å²) in [4.78, 5) is 14.5. The summed E-state index contributed by atoms with van der Waals surface area (Å²) in [6, 6.07) is 2.51. The van der Waals surface area contributed by atoms with E-state index in [1.807, 2.05) is 0 Å². The zero-order valence-corrected chi connectivity index (χ0v) is 8.49. The van der Waals surface area contributed by atoms with E-state index in [1.165, 1.54) is 19.1 Å². The predicted molar refractivity (Wildman–Crippen MR) is 53.8 cm³/mol. The molecule has 1 heterocycles. The summed E-state index contributed by atoms with van der Waals surface area (Å²) in [7, 11) is 0. The molecule has 84 valence electrons. The van der Waals surface area contributed by atoms with Crippen LogP contribution in [0, 0.1) is 5.82 Å². The minimum Gasteiger partial charge on any atom is -0.456 e. The van der Waals surface area contributed by atoms with Gasteiger partial charge in [0.1, 0.15) is 11.3 Å². The van der Waals surface area contributed by atoms with Crippen LogP contribution in [-0.2, 0) is 16.1 Å². The Balaban J connectivity index is 2.33. The summed E-state index contributed by atoms with van der Waals surface area (Å²) in [5.74, 6) is -0.789. The predicted octanol–water partition coefficient (Wildman–Crippen LogP) is 1.61. The molecule has 1 aromatic carbocycles. The number of benzene rings is 1. The van der Waals surface area contributed by atoms with E-state index < -0.39 is 11.8 Å². The first-order chi connectivity index (χ1) is 7.56. The number of hydrogen-bond donors (Lipinski definition) is 1. The van der Waals surface area contributed by atoms with Crippen molar-refractivity contribution < 1.29 is 18.3 Å². The van der Waals surface area contributed by atoms with Crippen LogP contribution in [0.3, 0.4) is 0 Å². The molecular formula is C10H9FN2O3. The van der Waals surface area contributed by atoms with Crippen LogP contribution in [0.2, 0.25) is 0 Å². The number of oxazole rings is 1. The van der Waals surface area contributed by atoms with Gasteiger partial charge in [-0.3, -0.25) is 4.79 Å². The molecule has 0 aliphatic rings. The third kappa shape index (κ3) is 1.95. The summed E-state index contributed by atoms with van der Waals surface area (Å²) in [5.41, 5.74) is 6.06. The fourth-order valence-electron chi connectivity index (χ4n) is 1.24. The summed E-state index contributed by atoms with van der Waals surface area (Å²) >= 11 is 0. The molecule has 0 fully saturated rings. The number of anilines is 1. The molecule has 16 heavy (non-hydrogen) atoms. The molecule has 2 N–H and O–H groups in total. The smallest absolute Gasteiger partial charge is 0.303 e. The van der Waals surface area contributed by atoms with Crippen LogP contribution in [0.4, 0.5) is 10.1 Å². The van der Waals surface area contributed by atoms with Crippen molar-refractivity contribution in [2.75, 3.05) is 5.73 Å². The van der Waals surface area contributed by atoms with E-state index in [0.717, 1.165) is 0 Å². The SMILES string of the molecule is CC(=O)OCc1nc2cc(F)c(N)cc2o1. The molecule has 0 amide bonds. The molecule has 5 nitrogen and oxygen atoms in total. The molecule has 0 radical (unpaired) electrons. The third-order valence-electron chi connectivity index (χ3n) is 1.95. The Bertz CT molecular complexity index is 511. The summed E-state index contributed by atoms with van der Waals surface area (Å²) < 4.78 is 23.0. The average molecular weight is 224 g/mol. The molecule has 0 spiro atoms. The van der Waals surface area contributed by atoms with Crippen LogP contribution in [0.1, 0.15) is 12.8 Å². The summed E-state index contributed by atoms with van der Waals surface area (Å²) in [5, 5.41) is 0. The number of fused-ring (bicyclic) bond motifs is 1. The summed E-state index contributed by atoms with van der Waals surface area (Å²) in [6.45, 7) is 1.20. The van der Waals surface area contributed by atoms with Crippen LogP contribution >= 0.6 is 0 Å². The Morgan fingerprint density at radius 3 is 3.06 bits per heavy atom. The number of nitrogen functional groups attached to an aromatic ring is 1. The molecular weight excluding hydrogens is 215 g/mol. The molecule has 0 saturated carbocycles. The first kappa shape index (κ1) is 10.4. The highest BCUT2D eigenvalue weighted by Crippen LogP contribution is 2.21. The average Bonchev–Trinajstić information content (AvgIpc) is 2.58. The number of halogens is 1. The highest BCUT2D eigenvalue weighted by Gasteiger charge is 2.10. The van der Waals surface area contributed by atoms with E-state index >= 15 is 0 Å². The number of carbonyl (C=O) groups excluding carboxylic acids is 1. The fraction of sp³-hybridized carbons (Fsp3) is 0.200. The number of rotatable bonds is 2. The zero-order valence-electron chi connectivity index (χ0n) is 8.49. The maximum absolute atomic E-state index is 13.1. The molecule has 2 aromatic rings. The Kier molecular flexibility index (Phi) is 2.47. The molecule has 6 heteroatoms. The van der Waals surface area contributed by atoms with Crippen molar-refractivity contribution in [3.8, 4) is 0 Å². The lowest BCUT2D eigenvalue weighted by atomic mass is 10.3. The molecule has 0 aliphatic heterocycles. The first-order valence-electron chi connectivity index (χ1n) is 4.54. The van der Waals surface area contributed by atoms with Crippen molar-refractivity contribution in [1.82, 2.24) is 4.98 Å². The lowest BCUT2D eigenvalue weighted by Gasteiger charge is -1.94. The number of ether oxygens (including phenoxy) is 1. The van der Waals surface area contributed by atoms with Gasteiger partial charge in [-0.2, -0.15) is 0 Å². The van der Waals surface area contributed by atoms with Gasteiger partial charge in [-0.15, -0.1) is 0 Å². The molecule has 0 bridgehead atoms. The second-order valence-electron chi connectivity index (χ2n) is 3.23. The van der Waals surface area contributed by atoms with Crippen LogP contribution in [0.15, 0.2) is 16.5 Å². The second kappa shape index (κ2) is 3.80. The number of nitrogens with two attached hydrogens (primary N) is 1. The van der Waals surface area contributed by atoms with Crippen LogP contribution in [-0.4, -0.2) is 11.0 Å². The Hall–Kier alpha value is -2.11. The van der Waals surface area contributed by atoms with Gasteiger partial charge in [0.2, 0.25) is 5.89 Å². The van der Waals surface area contributed by atoms with E-state index in [2.05, 4.69) is 4.98 Å². The monoisotopic (exact) mass is 224 g/mol. The maximum atomic E-state index is 13.1. The summed E-state index contributed by atoms with van der Waals surface area (Å²) in [6.07, 6.45) is 0. The first-order valence-corrected chi connectivity index (χ1v) is 4.54. The van der Waals surface area contributed by atoms with Gasteiger partial charge in [0.25, 0.3) is 0 Å². The van der Waals surface area contributed by atoms with Crippen molar-refractivity contribution in [3.05, 3.63) is 23.8 Å². The van der Waals surface area contributed by atoms with Crippen molar-refractivity contribution in [2.24, 2.45) is 0 Å². The van der Waals surface area contributed by atoms with Gasteiger partial charge in [0.05, 0.1) is 5.69 Å². The van der Waals surface area contributed by atoms with Crippen LogP contribution < -0.4 is 5.73 Å². The van der Waals surface area contributed by atoms with Crippen molar-refractivity contribution in [2.45, 2.75) is 13.5 Å². The molecule has 2 rings (SSSR count). The van der Waals surface area contributed by atoms with Gasteiger partial charge in [0, 0.05) is 19.1 Å².